The number of carbonyl (C=O) groups excluding carboxylic acids is 2. The van der Waals surface area contributed by atoms with Crippen LogP contribution < -0.4 is 5.32 Å². The molecular weight excluding hydrogens is 180 g/mol. The molecule has 0 bridgehead atoms. The first-order chi connectivity index (χ1) is 6.59. The molecule has 1 saturated heterocycles. The van der Waals surface area contributed by atoms with Crippen LogP contribution in [0, 0.1) is 5.92 Å². The van der Waals surface area contributed by atoms with Gasteiger partial charge in [0.2, 0.25) is 11.8 Å². The highest BCUT2D eigenvalue weighted by atomic mass is 16.2. The number of nitrogens with one attached hydrogen (secondary N) is 1. The van der Waals surface area contributed by atoms with Crippen molar-refractivity contribution in [3.05, 3.63) is 0 Å². The Morgan fingerprint density at radius 3 is 2.57 bits per heavy atom. The zero-order valence-corrected chi connectivity index (χ0v) is 8.62. The van der Waals surface area contributed by atoms with Crippen molar-refractivity contribution in [2.24, 2.45) is 5.92 Å². The summed E-state index contributed by atoms with van der Waals surface area (Å²) in [6.45, 7) is 1.91. The van der Waals surface area contributed by atoms with Crippen LogP contribution in [0.15, 0.2) is 0 Å². The molecule has 1 N–H and O–H groups in total. The first-order valence-electron chi connectivity index (χ1n) is 5.15. The average Bonchev–Trinajstić information content (AvgIpc) is 2.93. The Hall–Kier alpha value is -1.06. The summed E-state index contributed by atoms with van der Waals surface area (Å²) in [5.74, 6) is 0.470. The molecule has 0 spiro atoms. The average molecular weight is 196 g/mol. The van der Waals surface area contributed by atoms with Crippen molar-refractivity contribution >= 4 is 11.8 Å². The van der Waals surface area contributed by atoms with E-state index in [4.69, 9.17) is 0 Å². The molecule has 4 heteroatoms. The monoisotopic (exact) mass is 196 g/mol. The van der Waals surface area contributed by atoms with Gasteiger partial charge in [-0.05, 0) is 25.7 Å². The van der Waals surface area contributed by atoms with Crippen LogP contribution in [0.1, 0.15) is 26.2 Å². The second-order valence-corrected chi connectivity index (χ2v) is 4.38. The molecule has 14 heavy (non-hydrogen) atoms. The lowest BCUT2D eigenvalue weighted by Crippen LogP contribution is -2.45. The molecule has 2 rings (SSSR count). The van der Waals surface area contributed by atoms with Gasteiger partial charge in [-0.15, -0.1) is 0 Å². The van der Waals surface area contributed by atoms with Crippen LogP contribution in [0.25, 0.3) is 0 Å². The lowest BCUT2D eigenvalue weighted by atomic mass is 10.1. The first-order valence-corrected chi connectivity index (χ1v) is 5.15. The predicted molar refractivity (Wildman–Crippen MR) is 51.5 cm³/mol. The van der Waals surface area contributed by atoms with E-state index in [9.17, 15) is 9.59 Å². The molecule has 2 aliphatic rings. The van der Waals surface area contributed by atoms with E-state index in [1.807, 2.05) is 6.92 Å². The summed E-state index contributed by atoms with van der Waals surface area (Å²) in [7, 11) is 1.78. The molecule has 0 radical (unpaired) electrons. The van der Waals surface area contributed by atoms with Crippen molar-refractivity contribution in [3.63, 3.8) is 0 Å². The summed E-state index contributed by atoms with van der Waals surface area (Å²) in [4.78, 5) is 25.0. The van der Waals surface area contributed by atoms with E-state index >= 15 is 0 Å². The fourth-order valence-electron chi connectivity index (χ4n) is 1.88. The number of hydrogen-bond donors (Lipinski definition) is 1. The molecule has 0 aromatic carbocycles. The van der Waals surface area contributed by atoms with Crippen molar-refractivity contribution in [3.8, 4) is 0 Å². The summed E-state index contributed by atoms with van der Waals surface area (Å²) in [6.07, 6.45) is 2.56. The summed E-state index contributed by atoms with van der Waals surface area (Å²) in [6, 6.07) is -0.233. The molecule has 0 aromatic rings. The van der Waals surface area contributed by atoms with Gasteiger partial charge in [0, 0.05) is 19.5 Å². The molecule has 78 valence electrons. The molecular formula is C10H16N2O2. The van der Waals surface area contributed by atoms with E-state index in [0.717, 1.165) is 12.8 Å². The highest BCUT2D eigenvalue weighted by Gasteiger charge is 2.41. The predicted octanol–water partition coefficient (Wildman–Crippen LogP) is 0.132. The standard InChI is InChI=1S/C10H16N2O2/c1-6-5-8(13)11-9(7-3-4-7)10(14)12(6)2/h6-7,9H,3-5H2,1-2H3,(H,11,13). The van der Waals surface area contributed by atoms with Crippen LogP contribution >= 0.6 is 0 Å². The van der Waals surface area contributed by atoms with Crippen molar-refractivity contribution in [1.82, 2.24) is 10.2 Å². The largest absolute Gasteiger partial charge is 0.344 e. The van der Waals surface area contributed by atoms with Crippen LogP contribution in [-0.2, 0) is 9.59 Å². The highest BCUT2D eigenvalue weighted by molar-refractivity contribution is 5.90. The van der Waals surface area contributed by atoms with Gasteiger partial charge in [0.25, 0.3) is 0 Å². The molecule has 2 unspecified atom stereocenters. The highest BCUT2D eigenvalue weighted by Crippen LogP contribution is 2.34. The Morgan fingerprint density at radius 2 is 2.00 bits per heavy atom. The molecule has 2 fully saturated rings. The fourth-order valence-corrected chi connectivity index (χ4v) is 1.88. The molecule has 0 aromatic heterocycles. The van der Waals surface area contributed by atoms with E-state index in [0.29, 0.717) is 12.3 Å². The van der Waals surface area contributed by atoms with Gasteiger partial charge >= 0.3 is 0 Å². The molecule has 4 nitrogen and oxygen atoms in total. The smallest absolute Gasteiger partial charge is 0.245 e. The molecule has 2 amide bonds. The lowest BCUT2D eigenvalue weighted by molar-refractivity contribution is -0.134. The van der Waals surface area contributed by atoms with Gasteiger partial charge in [0.15, 0.2) is 0 Å². The van der Waals surface area contributed by atoms with Gasteiger partial charge in [-0.3, -0.25) is 9.59 Å². The maximum atomic E-state index is 11.9. The van der Waals surface area contributed by atoms with E-state index in [1.54, 1.807) is 11.9 Å². The maximum Gasteiger partial charge on any atom is 0.245 e. The van der Waals surface area contributed by atoms with Gasteiger partial charge < -0.3 is 10.2 Å². The van der Waals surface area contributed by atoms with Crippen molar-refractivity contribution in [2.75, 3.05) is 7.05 Å². The summed E-state index contributed by atoms with van der Waals surface area (Å²) < 4.78 is 0. The third-order valence-corrected chi connectivity index (χ3v) is 3.17. The zero-order valence-electron chi connectivity index (χ0n) is 8.62. The third kappa shape index (κ3) is 1.61. The Bertz CT molecular complexity index is 273. The molecule has 2 atom stereocenters. The Kier molecular flexibility index (Phi) is 2.21. The summed E-state index contributed by atoms with van der Waals surface area (Å²) >= 11 is 0. The molecule has 1 aliphatic carbocycles. The Labute approximate surface area is 83.6 Å². The topological polar surface area (TPSA) is 49.4 Å². The zero-order chi connectivity index (χ0) is 10.3. The van der Waals surface area contributed by atoms with Crippen LogP contribution in [0.4, 0.5) is 0 Å². The van der Waals surface area contributed by atoms with Gasteiger partial charge in [-0.2, -0.15) is 0 Å². The molecule has 1 aliphatic heterocycles. The second-order valence-electron chi connectivity index (χ2n) is 4.38. The van der Waals surface area contributed by atoms with Crippen LogP contribution in [-0.4, -0.2) is 35.8 Å². The van der Waals surface area contributed by atoms with Crippen molar-refractivity contribution < 1.29 is 9.59 Å². The van der Waals surface area contributed by atoms with Crippen LogP contribution in [0.2, 0.25) is 0 Å². The van der Waals surface area contributed by atoms with Crippen molar-refractivity contribution in [1.29, 1.82) is 0 Å². The second kappa shape index (κ2) is 3.26. The van der Waals surface area contributed by atoms with E-state index in [1.165, 1.54) is 0 Å². The normalized spacial score (nSPS) is 34.0. The van der Waals surface area contributed by atoms with Crippen LogP contribution in [0.3, 0.4) is 0 Å². The van der Waals surface area contributed by atoms with Gasteiger partial charge in [-0.1, -0.05) is 0 Å². The maximum absolute atomic E-state index is 11.9. The third-order valence-electron chi connectivity index (χ3n) is 3.17. The van der Waals surface area contributed by atoms with Gasteiger partial charge in [-0.25, -0.2) is 0 Å². The minimum absolute atomic E-state index is 0.00657. The number of carbonyl (C=O) groups is 2. The van der Waals surface area contributed by atoms with E-state index < -0.39 is 0 Å². The number of hydrogen-bond acceptors (Lipinski definition) is 2. The lowest BCUT2D eigenvalue weighted by Gasteiger charge is -2.23. The fraction of sp³-hybridized carbons (Fsp3) is 0.800. The quantitative estimate of drug-likeness (QED) is 0.648. The number of likely N-dealkylation sites (N-methyl/N-ethyl adjacent to an activating group) is 1. The SMILES string of the molecule is CC1CC(=O)NC(C2CC2)C(=O)N1C. The Morgan fingerprint density at radius 1 is 1.36 bits per heavy atom. The summed E-state index contributed by atoms with van der Waals surface area (Å²) in [5.41, 5.74) is 0. The van der Waals surface area contributed by atoms with Gasteiger partial charge in [0.1, 0.15) is 6.04 Å². The summed E-state index contributed by atoms with van der Waals surface area (Å²) in [5, 5.41) is 2.82. The first kappa shape index (κ1) is 9.49. The van der Waals surface area contributed by atoms with E-state index in [-0.39, 0.29) is 23.9 Å². The number of amides is 2. The minimum Gasteiger partial charge on any atom is -0.344 e. The minimum atomic E-state index is -0.252. The van der Waals surface area contributed by atoms with E-state index in [2.05, 4.69) is 5.32 Å². The van der Waals surface area contributed by atoms with Gasteiger partial charge in [0.05, 0.1) is 0 Å². The number of rotatable bonds is 1. The Balaban J connectivity index is 2.16. The van der Waals surface area contributed by atoms with Crippen molar-refractivity contribution in [2.45, 2.75) is 38.3 Å². The number of nitrogens with zero attached hydrogens (tertiary/aromatic N) is 1. The molecule has 1 heterocycles. The van der Waals surface area contributed by atoms with Crippen LogP contribution in [0.5, 0.6) is 0 Å². The molecule has 1 saturated carbocycles.